The predicted molar refractivity (Wildman–Crippen MR) is 374 cm³/mol. The van der Waals surface area contributed by atoms with E-state index < -0.39 is 49.5 Å². The standard InChI is InChI=1S/C78H153NO8/c1-3-5-7-9-11-13-15-17-19-21-23-25-27-29-31-33-34-35-36-37-38-40-42-44-46-48-50-52-54-56-58-60-62-64-66-68-74(82)79-71(70-86-78-77(85)76(84)75(83)73(69-80)87-78)72(81)67-65-63-61-59-57-55-53-51-49-47-45-43-41-39-32-30-28-26-24-22-20-18-16-14-12-10-8-6-4-2/h21,23,71-73,75-78,80-81,83-85H,3-20,22,24-70H2,1-2H3,(H,79,82)/b23-21-. The van der Waals surface area contributed by atoms with Gasteiger partial charge in [0.05, 0.1) is 25.4 Å². The molecule has 1 aliphatic rings. The summed E-state index contributed by atoms with van der Waals surface area (Å²) in [7, 11) is 0. The number of ether oxygens (including phenoxy) is 2. The van der Waals surface area contributed by atoms with Crippen molar-refractivity contribution in [2.45, 2.75) is 468 Å². The van der Waals surface area contributed by atoms with Gasteiger partial charge in [-0.3, -0.25) is 4.79 Å². The molecule has 0 aromatic heterocycles. The van der Waals surface area contributed by atoms with Crippen molar-refractivity contribution in [3.63, 3.8) is 0 Å². The summed E-state index contributed by atoms with van der Waals surface area (Å²) in [6, 6.07) is -0.717. The lowest BCUT2D eigenvalue weighted by molar-refractivity contribution is -0.302. The van der Waals surface area contributed by atoms with Gasteiger partial charge in [0, 0.05) is 6.42 Å². The molecule has 0 spiro atoms. The van der Waals surface area contributed by atoms with Crippen LogP contribution in [0.4, 0.5) is 0 Å². The second kappa shape index (κ2) is 67.8. The van der Waals surface area contributed by atoms with Crippen molar-refractivity contribution >= 4 is 5.91 Å². The zero-order chi connectivity index (χ0) is 62.8. The number of hydrogen-bond donors (Lipinski definition) is 6. The minimum atomic E-state index is -1.55. The summed E-state index contributed by atoms with van der Waals surface area (Å²) in [4.78, 5) is 13.2. The van der Waals surface area contributed by atoms with Crippen molar-refractivity contribution in [3.05, 3.63) is 12.2 Å². The monoisotopic (exact) mass is 1230 g/mol. The molecular formula is C78H153NO8. The van der Waals surface area contributed by atoms with E-state index in [9.17, 15) is 30.3 Å². The number of aliphatic hydroxyl groups is 5. The first-order valence-electron chi connectivity index (χ1n) is 39.4. The molecule has 0 bridgehead atoms. The third-order valence-corrected chi connectivity index (χ3v) is 19.4. The van der Waals surface area contributed by atoms with Crippen LogP contribution in [0.15, 0.2) is 12.2 Å². The Hall–Kier alpha value is -1.07. The van der Waals surface area contributed by atoms with Crippen LogP contribution in [0.2, 0.25) is 0 Å². The highest BCUT2D eigenvalue weighted by molar-refractivity contribution is 5.76. The van der Waals surface area contributed by atoms with Gasteiger partial charge in [0.25, 0.3) is 0 Å². The molecule has 0 aliphatic carbocycles. The Morgan fingerprint density at radius 3 is 0.931 bits per heavy atom. The molecule has 7 atom stereocenters. The lowest BCUT2D eigenvalue weighted by Gasteiger charge is -2.40. The van der Waals surface area contributed by atoms with Gasteiger partial charge in [0.2, 0.25) is 5.91 Å². The minimum Gasteiger partial charge on any atom is -0.394 e. The molecule has 0 aromatic rings. The molecule has 1 rings (SSSR count). The van der Waals surface area contributed by atoms with Crippen LogP contribution in [0.5, 0.6) is 0 Å². The second-order valence-corrected chi connectivity index (χ2v) is 27.9. The average molecular weight is 1230 g/mol. The van der Waals surface area contributed by atoms with E-state index in [1.165, 1.54) is 360 Å². The Bertz CT molecular complexity index is 1380. The molecule has 7 unspecified atom stereocenters. The maximum absolute atomic E-state index is 13.2. The van der Waals surface area contributed by atoms with E-state index >= 15 is 0 Å². The normalized spacial score (nSPS) is 17.9. The number of rotatable bonds is 71. The molecule has 87 heavy (non-hydrogen) atoms. The van der Waals surface area contributed by atoms with Crippen LogP contribution in [0, 0.1) is 0 Å². The van der Waals surface area contributed by atoms with Crippen molar-refractivity contribution in [2.24, 2.45) is 0 Å². The molecule has 9 nitrogen and oxygen atoms in total. The number of carbonyl (C=O) groups excluding carboxylic acids is 1. The molecule has 0 radical (unpaired) electrons. The maximum atomic E-state index is 13.2. The smallest absolute Gasteiger partial charge is 0.220 e. The minimum absolute atomic E-state index is 0.131. The van der Waals surface area contributed by atoms with E-state index in [1.807, 2.05) is 0 Å². The number of unbranched alkanes of at least 4 members (excludes halogenated alkanes) is 59. The van der Waals surface area contributed by atoms with Crippen LogP contribution in [0.25, 0.3) is 0 Å². The van der Waals surface area contributed by atoms with Crippen molar-refractivity contribution < 1.29 is 39.8 Å². The van der Waals surface area contributed by atoms with Crippen LogP contribution >= 0.6 is 0 Å². The van der Waals surface area contributed by atoms with Gasteiger partial charge in [-0.25, -0.2) is 0 Å². The quantitative estimate of drug-likeness (QED) is 0.0261. The molecule has 0 aromatic carbocycles. The van der Waals surface area contributed by atoms with Gasteiger partial charge in [-0.1, -0.05) is 392 Å². The van der Waals surface area contributed by atoms with Gasteiger partial charge in [-0.15, -0.1) is 0 Å². The summed E-state index contributed by atoms with van der Waals surface area (Å²) in [5.74, 6) is -0.133. The Morgan fingerprint density at radius 1 is 0.379 bits per heavy atom. The zero-order valence-corrected chi connectivity index (χ0v) is 58.3. The second-order valence-electron chi connectivity index (χ2n) is 27.9. The van der Waals surface area contributed by atoms with Crippen LogP contribution < -0.4 is 5.32 Å². The third kappa shape index (κ3) is 56.2. The maximum Gasteiger partial charge on any atom is 0.220 e. The molecule has 9 heteroatoms. The van der Waals surface area contributed by atoms with E-state index in [1.54, 1.807) is 0 Å². The molecule has 1 saturated heterocycles. The van der Waals surface area contributed by atoms with Gasteiger partial charge in [0.15, 0.2) is 6.29 Å². The molecule has 518 valence electrons. The SMILES string of the molecule is CCCCCCCCCC/C=C\CCCCCCCCCCCCCCCCCCCCCCCCCC(=O)NC(COC1OC(CO)C(O)C(O)C1O)C(O)CCCCCCCCCCCCCCCCCCCCCCCCCCCCCCC. The summed E-state index contributed by atoms with van der Waals surface area (Å²) in [5, 5.41) is 55.1. The predicted octanol–water partition coefficient (Wildman–Crippen LogP) is 22.2. The molecule has 1 amide bonds. The van der Waals surface area contributed by atoms with Gasteiger partial charge in [-0.05, 0) is 38.5 Å². The summed E-state index contributed by atoms with van der Waals surface area (Å²) in [6.07, 6.45) is 81.8. The Morgan fingerprint density at radius 2 is 0.644 bits per heavy atom. The fourth-order valence-corrected chi connectivity index (χ4v) is 13.2. The van der Waals surface area contributed by atoms with Crippen molar-refractivity contribution in [2.75, 3.05) is 13.2 Å². The Kier molecular flexibility index (Phi) is 65.4. The summed E-state index contributed by atoms with van der Waals surface area (Å²) in [6.45, 7) is 3.91. The highest BCUT2D eigenvalue weighted by Crippen LogP contribution is 2.24. The molecule has 0 saturated carbocycles. The Balaban J connectivity index is 2.04. The average Bonchev–Trinajstić information content (AvgIpc) is 3.47. The first-order chi connectivity index (χ1) is 42.8. The van der Waals surface area contributed by atoms with E-state index in [0.29, 0.717) is 12.8 Å². The van der Waals surface area contributed by atoms with Crippen LogP contribution in [-0.2, 0) is 14.3 Å². The van der Waals surface area contributed by atoms with Crippen LogP contribution in [0.1, 0.15) is 425 Å². The number of allylic oxidation sites excluding steroid dienone is 2. The molecule has 1 fully saturated rings. The van der Waals surface area contributed by atoms with E-state index in [2.05, 4.69) is 31.3 Å². The number of nitrogens with one attached hydrogen (secondary N) is 1. The zero-order valence-electron chi connectivity index (χ0n) is 58.3. The number of hydrogen-bond acceptors (Lipinski definition) is 8. The lowest BCUT2D eigenvalue weighted by atomic mass is 9.99. The highest BCUT2D eigenvalue weighted by Gasteiger charge is 2.44. The van der Waals surface area contributed by atoms with Gasteiger partial charge < -0.3 is 40.3 Å². The van der Waals surface area contributed by atoms with Gasteiger partial charge in [0.1, 0.15) is 24.4 Å². The third-order valence-electron chi connectivity index (χ3n) is 19.4. The summed E-state index contributed by atoms with van der Waals surface area (Å²) in [5.41, 5.74) is 0. The van der Waals surface area contributed by atoms with Crippen molar-refractivity contribution in [1.82, 2.24) is 5.32 Å². The fraction of sp³-hybridized carbons (Fsp3) is 0.962. The highest BCUT2D eigenvalue weighted by atomic mass is 16.7. The number of carbonyl (C=O) groups is 1. The molecule has 6 N–H and O–H groups in total. The lowest BCUT2D eigenvalue weighted by Crippen LogP contribution is -2.60. The van der Waals surface area contributed by atoms with Gasteiger partial charge >= 0.3 is 0 Å². The summed E-state index contributed by atoms with van der Waals surface area (Å²) < 4.78 is 11.4. The number of amides is 1. The van der Waals surface area contributed by atoms with Crippen LogP contribution in [-0.4, -0.2) is 87.5 Å². The molecular weight excluding hydrogens is 1080 g/mol. The van der Waals surface area contributed by atoms with Crippen molar-refractivity contribution in [1.29, 1.82) is 0 Å². The van der Waals surface area contributed by atoms with Crippen molar-refractivity contribution in [3.8, 4) is 0 Å². The summed E-state index contributed by atoms with van der Waals surface area (Å²) >= 11 is 0. The van der Waals surface area contributed by atoms with Crippen LogP contribution in [0.3, 0.4) is 0 Å². The Labute approximate surface area is 541 Å². The van der Waals surface area contributed by atoms with E-state index in [0.717, 1.165) is 38.5 Å². The molecule has 1 heterocycles. The first kappa shape index (κ1) is 83.9. The first-order valence-corrected chi connectivity index (χ1v) is 39.4. The van der Waals surface area contributed by atoms with E-state index in [4.69, 9.17) is 9.47 Å². The molecule has 1 aliphatic heterocycles. The van der Waals surface area contributed by atoms with Gasteiger partial charge in [-0.2, -0.15) is 0 Å². The topological polar surface area (TPSA) is 149 Å². The largest absolute Gasteiger partial charge is 0.394 e. The fourth-order valence-electron chi connectivity index (χ4n) is 13.2. The number of aliphatic hydroxyl groups excluding tert-OH is 5. The van der Waals surface area contributed by atoms with E-state index in [-0.39, 0.29) is 12.5 Å².